The Labute approximate surface area is 120 Å². The van der Waals surface area contributed by atoms with Crippen molar-refractivity contribution in [2.24, 2.45) is 5.41 Å². The van der Waals surface area contributed by atoms with Crippen molar-refractivity contribution in [2.75, 3.05) is 0 Å². The molecule has 2 fully saturated rings. The fourth-order valence-electron chi connectivity index (χ4n) is 3.12. The summed E-state index contributed by atoms with van der Waals surface area (Å²) in [6, 6.07) is 5.44. The van der Waals surface area contributed by atoms with Gasteiger partial charge in [-0.15, -0.1) is 0 Å². The molecule has 110 valence electrons. The highest BCUT2D eigenvalue weighted by Crippen LogP contribution is 2.42. The smallest absolute Gasteiger partial charge is 0.161 e. The predicted molar refractivity (Wildman–Crippen MR) is 78.0 cm³/mol. The van der Waals surface area contributed by atoms with E-state index in [0.29, 0.717) is 17.6 Å². The zero-order valence-corrected chi connectivity index (χ0v) is 12.4. The maximum atomic E-state index is 9.99. The second kappa shape index (κ2) is 4.66. The first-order valence-electron chi connectivity index (χ1n) is 7.56. The molecule has 1 unspecified atom stereocenters. The normalized spacial score (nSPS) is 26.4. The van der Waals surface area contributed by atoms with E-state index in [-0.39, 0.29) is 11.9 Å². The maximum Gasteiger partial charge on any atom is 0.161 e. The summed E-state index contributed by atoms with van der Waals surface area (Å²) in [4.78, 5) is 0. The molecule has 0 spiro atoms. The van der Waals surface area contributed by atoms with Gasteiger partial charge in [-0.05, 0) is 55.2 Å². The first-order valence-corrected chi connectivity index (χ1v) is 7.56. The molecular formula is C17H24O3. The Morgan fingerprint density at radius 2 is 2.00 bits per heavy atom. The van der Waals surface area contributed by atoms with Gasteiger partial charge in [0.15, 0.2) is 11.5 Å². The first kappa shape index (κ1) is 13.7. The molecule has 0 aromatic heterocycles. The molecule has 1 atom stereocenters. The van der Waals surface area contributed by atoms with E-state index in [2.05, 4.69) is 13.8 Å². The Kier molecular flexibility index (Phi) is 3.20. The van der Waals surface area contributed by atoms with Gasteiger partial charge in [0.1, 0.15) is 0 Å². The van der Waals surface area contributed by atoms with Gasteiger partial charge in [-0.1, -0.05) is 19.9 Å². The molecule has 3 nitrogen and oxygen atoms in total. The number of phenols is 1. The highest BCUT2D eigenvalue weighted by Gasteiger charge is 2.40. The lowest BCUT2D eigenvalue weighted by atomic mass is 9.92. The Morgan fingerprint density at radius 3 is 2.60 bits per heavy atom. The summed E-state index contributed by atoms with van der Waals surface area (Å²) in [5, 5.41) is 19.9. The summed E-state index contributed by atoms with van der Waals surface area (Å²) < 4.78 is 5.99. The number of benzene rings is 1. The van der Waals surface area contributed by atoms with Crippen molar-refractivity contribution in [3.8, 4) is 11.5 Å². The summed E-state index contributed by atoms with van der Waals surface area (Å²) in [6.45, 7) is 4.52. The summed E-state index contributed by atoms with van der Waals surface area (Å²) >= 11 is 0. The summed E-state index contributed by atoms with van der Waals surface area (Å²) in [7, 11) is 0. The van der Waals surface area contributed by atoms with Crippen LogP contribution in [0.15, 0.2) is 18.2 Å². The van der Waals surface area contributed by atoms with E-state index in [4.69, 9.17) is 4.74 Å². The zero-order valence-electron chi connectivity index (χ0n) is 12.4. The molecule has 0 amide bonds. The van der Waals surface area contributed by atoms with Crippen LogP contribution in [0.1, 0.15) is 51.5 Å². The standard InChI is InChI=1S/C17H24O3/c1-16(2)6-5-13(11-16)20-15-9-12(3-4-14(15)18)10-17(19)7-8-17/h3-4,9,13,18-19H,5-8,10-11H2,1-2H3. The third kappa shape index (κ3) is 3.09. The Bertz CT molecular complexity index is 503. The molecule has 3 heteroatoms. The molecule has 2 saturated carbocycles. The van der Waals surface area contributed by atoms with Crippen molar-refractivity contribution in [1.29, 1.82) is 0 Å². The third-order valence-corrected chi connectivity index (χ3v) is 4.60. The highest BCUT2D eigenvalue weighted by atomic mass is 16.5. The number of aromatic hydroxyl groups is 1. The van der Waals surface area contributed by atoms with E-state index < -0.39 is 5.60 Å². The fourth-order valence-corrected chi connectivity index (χ4v) is 3.12. The van der Waals surface area contributed by atoms with Crippen molar-refractivity contribution < 1.29 is 14.9 Å². The van der Waals surface area contributed by atoms with Gasteiger partial charge in [-0.3, -0.25) is 0 Å². The average molecular weight is 276 g/mol. The second-order valence-corrected chi connectivity index (χ2v) is 7.35. The van der Waals surface area contributed by atoms with E-state index in [1.54, 1.807) is 6.07 Å². The van der Waals surface area contributed by atoms with Gasteiger partial charge < -0.3 is 14.9 Å². The van der Waals surface area contributed by atoms with E-state index in [1.165, 1.54) is 0 Å². The van der Waals surface area contributed by atoms with Gasteiger partial charge >= 0.3 is 0 Å². The van der Waals surface area contributed by atoms with Gasteiger partial charge in [-0.2, -0.15) is 0 Å². The van der Waals surface area contributed by atoms with Gasteiger partial charge in [0, 0.05) is 6.42 Å². The minimum Gasteiger partial charge on any atom is -0.504 e. The molecule has 1 aromatic rings. The van der Waals surface area contributed by atoms with E-state index >= 15 is 0 Å². The second-order valence-electron chi connectivity index (χ2n) is 7.35. The van der Waals surface area contributed by atoms with Gasteiger partial charge in [0.25, 0.3) is 0 Å². The van der Waals surface area contributed by atoms with E-state index in [9.17, 15) is 10.2 Å². The van der Waals surface area contributed by atoms with Crippen LogP contribution in [0.25, 0.3) is 0 Å². The first-order chi connectivity index (χ1) is 9.35. The molecule has 1 aromatic carbocycles. The average Bonchev–Trinajstić information content (AvgIpc) is 2.97. The van der Waals surface area contributed by atoms with Gasteiger partial charge in [0.2, 0.25) is 0 Å². The van der Waals surface area contributed by atoms with Crippen molar-refractivity contribution in [3.63, 3.8) is 0 Å². The van der Waals surface area contributed by atoms with Crippen LogP contribution in [0.5, 0.6) is 11.5 Å². The van der Waals surface area contributed by atoms with E-state index in [1.807, 2.05) is 12.1 Å². The maximum absolute atomic E-state index is 9.99. The van der Waals surface area contributed by atoms with Crippen LogP contribution in [0.3, 0.4) is 0 Å². The minimum atomic E-state index is -0.510. The van der Waals surface area contributed by atoms with Gasteiger partial charge in [-0.25, -0.2) is 0 Å². The predicted octanol–water partition coefficient (Wildman–Crippen LogP) is 3.42. The van der Waals surface area contributed by atoms with Gasteiger partial charge in [0.05, 0.1) is 11.7 Å². The number of rotatable bonds is 4. The van der Waals surface area contributed by atoms with Crippen LogP contribution < -0.4 is 4.74 Å². The monoisotopic (exact) mass is 276 g/mol. The number of aliphatic hydroxyl groups is 1. The third-order valence-electron chi connectivity index (χ3n) is 4.60. The molecule has 2 aliphatic rings. The molecule has 0 bridgehead atoms. The molecule has 0 saturated heterocycles. The van der Waals surface area contributed by atoms with Crippen molar-refractivity contribution >= 4 is 0 Å². The molecule has 0 radical (unpaired) electrons. The summed E-state index contributed by atoms with van der Waals surface area (Å²) in [6.07, 6.45) is 5.83. The summed E-state index contributed by atoms with van der Waals surface area (Å²) in [5.41, 5.74) is 0.861. The lowest BCUT2D eigenvalue weighted by Crippen LogP contribution is -2.15. The molecule has 0 heterocycles. The van der Waals surface area contributed by atoms with Crippen LogP contribution in [-0.2, 0) is 6.42 Å². The fraction of sp³-hybridized carbons (Fsp3) is 0.647. The van der Waals surface area contributed by atoms with Crippen LogP contribution in [0, 0.1) is 5.41 Å². The minimum absolute atomic E-state index is 0.190. The number of phenolic OH excluding ortho intramolecular Hbond substituents is 1. The molecule has 2 N–H and O–H groups in total. The SMILES string of the molecule is CC1(C)CCC(Oc2cc(CC3(O)CC3)ccc2O)C1. The quantitative estimate of drug-likeness (QED) is 0.886. The Balaban J connectivity index is 1.70. The molecule has 20 heavy (non-hydrogen) atoms. The van der Waals surface area contributed by atoms with Crippen molar-refractivity contribution in [1.82, 2.24) is 0 Å². The highest BCUT2D eigenvalue weighted by molar-refractivity contribution is 5.42. The number of ether oxygens (including phenoxy) is 1. The van der Waals surface area contributed by atoms with Crippen LogP contribution in [0.2, 0.25) is 0 Å². The molecule has 0 aliphatic heterocycles. The van der Waals surface area contributed by atoms with E-state index in [0.717, 1.165) is 37.7 Å². The van der Waals surface area contributed by atoms with Crippen molar-refractivity contribution in [3.05, 3.63) is 23.8 Å². The Morgan fingerprint density at radius 1 is 1.25 bits per heavy atom. The lowest BCUT2D eigenvalue weighted by Gasteiger charge is -2.19. The molecule has 2 aliphatic carbocycles. The topological polar surface area (TPSA) is 49.7 Å². The summed E-state index contributed by atoms with van der Waals surface area (Å²) in [5.74, 6) is 0.760. The van der Waals surface area contributed by atoms with Crippen molar-refractivity contribution in [2.45, 2.75) is 64.1 Å². The van der Waals surface area contributed by atoms with Crippen LogP contribution in [0.4, 0.5) is 0 Å². The Hall–Kier alpha value is -1.22. The van der Waals surface area contributed by atoms with Crippen LogP contribution in [-0.4, -0.2) is 21.9 Å². The largest absolute Gasteiger partial charge is 0.504 e. The lowest BCUT2D eigenvalue weighted by molar-refractivity contribution is 0.150. The number of hydrogen-bond donors (Lipinski definition) is 2. The number of hydrogen-bond acceptors (Lipinski definition) is 3. The van der Waals surface area contributed by atoms with Crippen LogP contribution >= 0.6 is 0 Å². The molecule has 3 rings (SSSR count). The molecular weight excluding hydrogens is 252 g/mol. The zero-order chi connectivity index (χ0) is 14.4.